The monoisotopic (exact) mass is 288 g/mol. The Morgan fingerprint density at radius 1 is 1.24 bits per heavy atom. The molecule has 3 N–H and O–H groups in total. The van der Waals surface area contributed by atoms with Crippen molar-refractivity contribution in [2.45, 2.75) is 20.0 Å². The molecule has 0 aromatic heterocycles. The Bertz CT molecular complexity index is 641. The predicted octanol–water partition coefficient (Wildman–Crippen LogP) is 3.12. The van der Waals surface area contributed by atoms with Gasteiger partial charge in [-0.15, -0.1) is 0 Å². The minimum atomic E-state index is -0.697. The average Bonchev–Trinajstić information content (AvgIpc) is 2.44. The topological polar surface area (TPSA) is 64.3 Å². The van der Waals surface area contributed by atoms with Crippen molar-refractivity contribution in [3.8, 4) is 5.75 Å². The van der Waals surface area contributed by atoms with E-state index in [2.05, 4.69) is 5.32 Å². The lowest BCUT2D eigenvalue weighted by Crippen LogP contribution is -2.30. The van der Waals surface area contributed by atoms with Gasteiger partial charge in [-0.05, 0) is 44.2 Å². The fraction of sp³-hybridized carbons (Fsp3) is 0.188. The maximum atomic E-state index is 12.9. The summed E-state index contributed by atoms with van der Waals surface area (Å²) in [6.45, 7) is 3.60. The van der Waals surface area contributed by atoms with Crippen molar-refractivity contribution in [2.75, 3.05) is 11.1 Å². The molecule has 0 saturated carbocycles. The number of carbonyl (C=O) groups excluding carboxylic acids is 1. The molecule has 1 unspecified atom stereocenters. The van der Waals surface area contributed by atoms with E-state index in [1.54, 1.807) is 19.1 Å². The van der Waals surface area contributed by atoms with Gasteiger partial charge in [0.15, 0.2) is 6.10 Å². The highest BCUT2D eigenvalue weighted by Crippen LogP contribution is 2.20. The zero-order valence-electron chi connectivity index (χ0n) is 11.9. The van der Waals surface area contributed by atoms with E-state index in [1.165, 1.54) is 12.1 Å². The molecule has 1 amide bonds. The molecule has 0 bridgehead atoms. The molecule has 0 heterocycles. The van der Waals surface area contributed by atoms with Crippen LogP contribution in [-0.4, -0.2) is 12.0 Å². The first kappa shape index (κ1) is 14.8. The third kappa shape index (κ3) is 3.95. The molecule has 0 aliphatic rings. The van der Waals surface area contributed by atoms with Gasteiger partial charge < -0.3 is 15.8 Å². The Labute approximate surface area is 122 Å². The molecule has 21 heavy (non-hydrogen) atoms. The first-order chi connectivity index (χ1) is 9.95. The van der Waals surface area contributed by atoms with Gasteiger partial charge in [0, 0.05) is 0 Å². The summed E-state index contributed by atoms with van der Waals surface area (Å²) in [6, 6.07) is 11.2. The lowest BCUT2D eigenvalue weighted by atomic mass is 10.2. The highest BCUT2D eigenvalue weighted by Gasteiger charge is 2.16. The minimum Gasteiger partial charge on any atom is -0.481 e. The number of anilines is 2. The second-order valence-electron chi connectivity index (χ2n) is 4.79. The largest absolute Gasteiger partial charge is 0.481 e. The van der Waals surface area contributed by atoms with Gasteiger partial charge in [0.05, 0.1) is 11.4 Å². The number of rotatable bonds is 4. The third-order valence-electron chi connectivity index (χ3n) is 2.97. The predicted molar refractivity (Wildman–Crippen MR) is 80.7 cm³/mol. The first-order valence-electron chi connectivity index (χ1n) is 6.55. The number of nitrogens with two attached hydrogens (primary N) is 1. The van der Waals surface area contributed by atoms with Gasteiger partial charge >= 0.3 is 0 Å². The molecule has 5 heteroatoms. The fourth-order valence-electron chi connectivity index (χ4n) is 1.76. The van der Waals surface area contributed by atoms with E-state index >= 15 is 0 Å². The molecule has 4 nitrogen and oxygen atoms in total. The molecule has 0 radical (unpaired) electrons. The number of amides is 1. The van der Waals surface area contributed by atoms with Crippen LogP contribution in [0.25, 0.3) is 0 Å². The van der Waals surface area contributed by atoms with Crippen LogP contribution in [0.15, 0.2) is 42.5 Å². The van der Waals surface area contributed by atoms with Crippen LogP contribution in [-0.2, 0) is 4.79 Å². The summed E-state index contributed by atoms with van der Waals surface area (Å²) in [5.41, 5.74) is 7.29. The van der Waals surface area contributed by atoms with E-state index in [4.69, 9.17) is 10.5 Å². The minimum absolute atomic E-state index is 0.172. The molecular formula is C16H17FN2O2. The summed E-state index contributed by atoms with van der Waals surface area (Å²) >= 11 is 0. The van der Waals surface area contributed by atoms with Gasteiger partial charge in [0.25, 0.3) is 5.91 Å². The highest BCUT2D eigenvalue weighted by molar-refractivity contribution is 5.96. The van der Waals surface area contributed by atoms with Gasteiger partial charge in [-0.3, -0.25) is 4.79 Å². The lowest BCUT2D eigenvalue weighted by molar-refractivity contribution is -0.122. The number of halogens is 1. The third-order valence-corrected chi connectivity index (χ3v) is 2.97. The van der Waals surface area contributed by atoms with E-state index in [0.29, 0.717) is 11.4 Å². The van der Waals surface area contributed by atoms with Crippen LogP contribution in [0.1, 0.15) is 12.5 Å². The van der Waals surface area contributed by atoms with Crippen LogP contribution in [0.3, 0.4) is 0 Å². The van der Waals surface area contributed by atoms with Crippen molar-refractivity contribution in [3.63, 3.8) is 0 Å². The Morgan fingerprint density at radius 3 is 2.52 bits per heavy atom. The van der Waals surface area contributed by atoms with Gasteiger partial charge in [0.1, 0.15) is 11.6 Å². The Hall–Kier alpha value is -2.56. The summed E-state index contributed by atoms with van der Waals surface area (Å²) in [4.78, 5) is 12.0. The molecule has 0 aliphatic carbocycles. The molecule has 0 aliphatic heterocycles. The molecule has 0 spiro atoms. The molecule has 2 aromatic carbocycles. The fourth-order valence-corrected chi connectivity index (χ4v) is 1.76. The number of nitrogen functional groups attached to an aromatic ring is 1. The quantitative estimate of drug-likeness (QED) is 0.850. The molecule has 2 aromatic rings. The van der Waals surface area contributed by atoms with Crippen molar-refractivity contribution in [3.05, 3.63) is 53.8 Å². The number of hydrogen-bond acceptors (Lipinski definition) is 3. The van der Waals surface area contributed by atoms with E-state index in [1.807, 2.05) is 19.1 Å². The Balaban J connectivity index is 2.00. The van der Waals surface area contributed by atoms with E-state index in [9.17, 15) is 9.18 Å². The summed E-state index contributed by atoms with van der Waals surface area (Å²) < 4.78 is 18.5. The Morgan fingerprint density at radius 2 is 1.90 bits per heavy atom. The maximum Gasteiger partial charge on any atom is 0.265 e. The zero-order chi connectivity index (χ0) is 15.4. The van der Waals surface area contributed by atoms with Crippen LogP contribution in [0.4, 0.5) is 15.8 Å². The number of nitrogens with one attached hydrogen (secondary N) is 1. The summed E-state index contributed by atoms with van der Waals surface area (Å²) in [5, 5.41) is 2.61. The smallest absolute Gasteiger partial charge is 0.265 e. The standard InChI is InChI=1S/C16H17FN2O2/c1-10-3-6-13(7-4-10)21-11(2)16(20)19-15-8-5-12(17)9-14(15)18/h3-9,11H,18H2,1-2H3,(H,19,20). The molecule has 110 valence electrons. The second kappa shape index (κ2) is 6.26. The number of hydrogen-bond donors (Lipinski definition) is 2. The van der Waals surface area contributed by atoms with Crippen LogP contribution in [0.2, 0.25) is 0 Å². The van der Waals surface area contributed by atoms with Gasteiger partial charge in [0.2, 0.25) is 0 Å². The van der Waals surface area contributed by atoms with Gasteiger partial charge in [-0.1, -0.05) is 17.7 Å². The SMILES string of the molecule is Cc1ccc(OC(C)C(=O)Nc2ccc(F)cc2N)cc1. The molecule has 0 fully saturated rings. The van der Waals surface area contributed by atoms with Crippen molar-refractivity contribution in [1.82, 2.24) is 0 Å². The summed E-state index contributed by atoms with van der Waals surface area (Å²) in [5.74, 6) is -0.196. The van der Waals surface area contributed by atoms with Crippen molar-refractivity contribution in [1.29, 1.82) is 0 Å². The van der Waals surface area contributed by atoms with Gasteiger partial charge in [-0.25, -0.2) is 4.39 Å². The van der Waals surface area contributed by atoms with Crippen molar-refractivity contribution >= 4 is 17.3 Å². The second-order valence-corrected chi connectivity index (χ2v) is 4.79. The Kier molecular flexibility index (Phi) is 4.42. The van der Waals surface area contributed by atoms with Crippen LogP contribution in [0.5, 0.6) is 5.75 Å². The van der Waals surface area contributed by atoms with Gasteiger partial charge in [-0.2, -0.15) is 0 Å². The van der Waals surface area contributed by atoms with Crippen molar-refractivity contribution in [2.24, 2.45) is 0 Å². The maximum absolute atomic E-state index is 12.9. The molecule has 1 atom stereocenters. The number of ether oxygens (including phenoxy) is 1. The molecular weight excluding hydrogens is 271 g/mol. The first-order valence-corrected chi connectivity index (χ1v) is 6.55. The summed E-state index contributed by atoms with van der Waals surface area (Å²) in [6.07, 6.45) is -0.697. The molecule has 2 rings (SSSR count). The van der Waals surface area contributed by atoms with Crippen LogP contribution >= 0.6 is 0 Å². The van der Waals surface area contributed by atoms with E-state index < -0.39 is 11.9 Å². The number of benzene rings is 2. The van der Waals surface area contributed by atoms with Crippen molar-refractivity contribution < 1.29 is 13.9 Å². The number of aryl methyl sites for hydroxylation is 1. The number of carbonyl (C=O) groups is 1. The van der Waals surface area contributed by atoms with E-state index in [0.717, 1.165) is 11.6 Å². The zero-order valence-corrected chi connectivity index (χ0v) is 11.9. The normalized spacial score (nSPS) is 11.8. The lowest BCUT2D eigenvalue weighted by Gasteiger charge is -2.15. The summed E-state index contributed by atoms with van der Waals surface area (Å²) in [7, 11) is 0. The van der Waals surface area contributed by atoms with E-state index in [-0.39, 0.29) is 11.6 Å². The average molecular weight is 288 g/mol. The van der Waals surface area contributed by atoms with Crippen LogP contribution < -0.4 is 15.8 Å². The van der Waals surface area contributed by atoms with Crippen LogP contribution in [0, 0.1) is 12.7 Å². The molecule has 0 saturated heterocycles. The highest BCUT2D eigenvalue weighted by atomic mass is 19.1.